The van der Waals surface area contributed by atoms with Crippen LogP contribution in [0.15, 0.2) is 57.0 Å². The fraction of sp³-hybridized carbons (Fsp3) is 0.519. The Morgan fingerprint density at radius 2 is 1.85 bits per heavy atom. The summed E-state index contributed by atoms with van der Waals surface area (Å²) < 4.78 is 7.09. The van der Waals surface area contributed by atoms with Crippen LogP contribution in [-0.2, 0) is 11.3 Å². The Kier molecular flexibility index (Phi) is 5.55. The maximum Gasteiger partial charge on any atom is 0.262 e. The van der Waals surface area contributed by atoms with Crippen LogP contribution >= 0.6 is 11.8 Å². The maximum absolute atomic E-state index is 13.2. The molecule has 4 saturated carbocycles. The number of rotatable bonds is 7. The minimum Gasteiger partial charge on any atom is -0.467 e. The van der Waals surface area contributed by atoms with Gasteiger partial charge in [-0.1, -0.05) is 23.9 Å². The summed E-state index contributed by atoms with van der Waals surface area (Å²) in [6.45, 7) is 2.49. The Morgan fingerprint density at radius 1 is 1.15 bits per heavy atom. The summed E-state index contributed by atoms with van der Waals surface area (Å²) in [5, 5.41) is 4.44. The summed E-state index contributed by atoms with van der Waals surface area (Å²) in [6, 6.07) is 11.2. The summed E-state index contributed by atoms with van der Waals surface area (Å²) >= 11 is 1.32. The van der Waals surface area contributed by atoms with Gasteiger partial charge < -0.3 is 9.73 Å². The van der Waals surface area contributed by atoms with E-state index in [1.807, 2.05) is 24.3 Å². The van der Waals surface area contributed by atoms with Gasteiger partial charge in [-0.25, -0.2) is 4.98 Å². The van der Waals surface area contributed by atoms with Gasteiger partial charge in [0.25, 0.3) is 5.56 Å². The van der Waals surface area contributed by atoms with Crippen molar-refractivity contribution in [2.75, 3.05) is 5.75 Å². The highest BCUT2D eigenvalue weighted by Gasteiger charge is 2.53. The topological polar surface area (TPSA) is 77.1 Å². The highest BCUT2D eigenvalue weighted by molar-refractivity contribution is 7.99. The molecule has 1 N–H and O–H groups in total. The Balaban J connectivity index is 1.19. The molecule has 0 aliphatic heterocycles. The number of nitrogens with one attached hydrogen (secondary N) is 1. The second kappa shape index (κ2) is 8.59. The molecular weight excluding hydrogens is 446 g/mol. The molecule has 3 aromatic rings. The van der Waals surface area contributed by atoms with E-state index in [0.717, 1.165) is 17.8 Å². The summed E-state index contributed by atoms with van der Waals surface area (Å²) in [4.78, 5) is 31.0. The summed E-state index contributed by atoms with van der Waals surface area (Å²) in [5.74, 6) is 3.51. The number of hydrogen-bond acceptors (Lipinski definition) is 5. The molecule has 178 valence electrons. The van der Waals surface area contributed by atoms with Crippen molar-refractivity contribution in [1.29, 1.82) is 0 Å². The molecule has 2 aromatic heterocycles. The van der Waals surface area contributed by atoms with Crippen LogP contribution in [0.4, 0.5) is 0 Å². The highest BCUT2D eigenvalue weighted by atomic mass is 32.2. The summed E-state index contributed by atoms with van der Waals surface area (Å²) in [7, 11) is 0. The molecular formula is C27H31N3O3S. The third kappa shape index (κ3) is 3.98. The molecule has 4 bridgehead atoms. The summed E-state index contributed by atoms with van der Waals surface area (Å²) in [5.41, 5.74) is 0.803. The number of carbonyl (C=O) groups excluding carboxylic acids is 1. The quantitative estimate of drug-likeness (QED) is 0.389. The SMILES string of the molecule is CC(NC(=O)CSc1nc2ccccc2c(=O)n1Cc1ccco1)C12CC3CC(CC(C3)C1)C2. The van der Waals surface area contributed by atoms with Gasteiger partial charge in [0.2, 0.25) is 5.91 Å². The van der Waals surface area contributed by atoms with E-state index in [0.29, 0.717) is 21.8 Å². The van der Waals surface area contributed by atoms with Gasteiger partial charge in [-0.05, 0) is 92.9 Å². The second-order valence-electron chi connectivity index (χ2n) is 10.7. The molecule has 34 heavy (non-hydrogen) atoms. The highest BCUT2D eigenvalue weighted by Crippen LogP contribution is 2.61. The number of aromatic nitrogens is 2. The van der Waals surface area contributed by atoms with Crippen molar-refractivity contribution >= 4 is 28.6 Å². The third-order valence-electron chi connectivity index (χ3n) is 8.43. The van der Waals surface area contributed by atoms with Crippen LogP contribution in [0.1, 0.15) is 51.2 Å². The van der Waals surface area contributed by atoms with Gasteiger partial charge in [0.1, 0.15) is 5.76 Å². The third-order valence-corrected chi connectivity index (χ3v) is 9.41. The number of thioether (sulfide) groups is 1. The van der Waals surface area contributed by atoms with E-state index >= 15 is 0 Å². The van der Waals surface area contributed by atoms with Gasteiger partial charge in [0.15, 0.2) is 5.16 Å². The molecule has 1 unspecified atom stereocenters. The first kappa shape index (κ1) is 22.0. The fourth-order valence-electron chi connectivity index (χ4n) is 7.23. The lowest BCUT2D eigenvalue weighted by atomic mass is 9.48. The standard InChI is InChI=1S/C27H31N3O3S/c1-17(27-12-18-9-19(13-27)11-20(10-18)14-27)28-24(31)16-34-26-29-23-7-3-2-6-22(23)25(32)30(26)15-21-5-4-8-33-21/h2-8,17-20H,9-16H2,1H3,(H,28,31). The van der Waals surface area contributed by atoms with Crippen LogP contribution in [0.25, 0.3) is 10.9 Å². The zero-order valence-electron chi connectivity index (χ0n) is 19.5. The molecule has 1 atom stereocenters. The number of furan rings is 1. The Hall–Kier alpha value is -2.54. The molecule has 0 saturated heterocycles. The zero-order valence-corrected chi connectivity index (χ0v) is 20.4. The molecule has 7 rings (SSSR count). The Morgan fingerprint density at radius 3 is 2.53 bits per heavy atom. The normalized spacial score (nSPS) is 28.3. The average Bonchev–Trinajstić information content (AvgIpc) is 3.32. The molecule has 4 aliphatic carbocycles. The predicted molar refractivity (Wildman–Crippen MR) is 133 cm³/mol. The van der Waals surface area contributed by atoms with Crippen molar-refractivity contribution in [3.63, 3.8) is 0 Å². The van der Waals surface area contributed by atoms with E-state index in [1.54, 1.807) is 23.0 Å². The zero-order chi connectivity index (χ0) is 23.3. The van der Waals surface area contributed by atoms with Gasteiger partial charge in [0, 0.05) is 6.04 Å². The molecule has 1 amide bonds. The van der Waals surface area contributed by atoms with Crippen molar-refractivity contribution in [2.24, 2.45) is 23.2 Å². The molecule has 2 heterocycles. The minimum atomic E-state index is -0.119. The second-order valence-corrected chi connectivity index (χ2v) is 11.7. The smallest absolute Gasteiger partial charge is 0.262 e. The minimum absolute atomic E-state index is 0.0141. The van der Waals surface area contributed by atoms with E-state index in [2.05, 4.69) is 12.2 Å². The van der Waals surface area contributed by atoms with Crippen molar-refractivity contribution < 1.29 is 9.21 Å². The van der Waals surface area contributed by atoms with E-state index < -0.39 is 0 Å². The largest absolute Gasteiger partial charge is 0.467 e. The van der Waals surface area contributed by atoms with Crippen molar-refractivity contribution in [1.82, 2.24) is 14.9 Å². The molecule has 4 fully saturated rings. The van der Waals surface area contributed by atoms with Crippen LogP contribution in [0.5, 0.6) is 0 Å². The summed E-state index contributed by atoms with van der Waals surface area (Å²) in [6.07, 6.45) is 9.60. The fourth-order valence-corrected chi connectivity index (χ4v) is 8.04. The average molecular weight is 478 g/mol. The number of amides is 1. The first-order chi connectivity index (χ1) is 16.5. The lowest BCUT2D eigenvalue weighted by Crippen LogP contribution is -2.56. The van der Waals surface area contributed by atoms with Gasteiger partial charge >= 0.3 is 0 Å². The van der Waals surface area contributed by atoms with E-state index in [-0.39, 0.29) is 35.2 Å². The van der Waals surface area contributed by atoms with E-state index in [4.69, 9.17) is 9.40 Å². The maximum atomic E-state index is 13.2. The van der Waals surface area contributed by atoms with E-state index in [9.17, 15) is 9.59 Å². The molecule has 0 spiro atoms. The van der Waals surface area contributed by atoms with Gasteiger partial charge in [-0.15, -0.1) is 0 Å². The number of benzene rings is 1. The lowest BCUT2D eigenvalue weighted by Gasteiger charge is -2.59. The van der Waals surface area contributed by atoms with Gasteiger partial charge in [-0.2, -0.15) is 0 Å². The first-order valence-corrected chi connectivity index (χ1v) is 13.4. The van der Waals surface area contributed by atoms with E-state index in [1.165, 1.54) is 50.3 Å². The van der Waals surface area contributed by atoms with Crippen LogP contribution < -0.4 is 10.9 Å². The molecule has 0 radical (unpaired) electrons. The molecule has 7 heteroatoms. The number of para-hydroxylation sites is 1. The van der Waals surface area contributed by atoms with Crippen LogP contribution in [0, 0.1) is 23.2 Å². The Bertz CT molecular complexity index is 1230. The van der Waals surface area contributed by atoms with Crippen molar-refractivity contribution in [3.8, 4) is 0 Å². The number of hydrogen-bond donors (Lipinski definition) is 1. The number of fused-ring (bicyclic) bond motifs is 1. The van der Waals surface area contributed by atoms with Gasteiger partial charge in [-0.3, -0.25) is 14.2 Å². The Labute approximate surface area is 203 Å². The van der Waals surface area contributed by atoms with Gasteiger partial charge in [0.05, 0.1) is 29.5 Å². The van der Waals surface area contributed by atoms with Crippen LogP contribution in [0.3, 0.4) is 0 Å². The number of nitrogens with zero attached hydrogens (tertiary/aromatic N) is 2. The number of carbonyl (C=O) groups is 1. The van der Waals surface area contributed by atoms with Crippen molar-refractivity contribution in [2.45, 2.75) is 63.2 Å². The monoisotopic (exact) mass is 477 g/mol. The van der Waals surface area contributed by atoms with Crippen LogP contribution in [0.2, 0.25) is 0 Å². The lowest BCUT2D eigenvalue weighted by molar-refractivity contribution is -0.123. The van der Waals surface area contributed by atoms with Crippen molar-refractivity contribution in [3.05, 3.63) is 58.8 Å². The predicted octanol–water partition coefficient (Wildman–Crippen LogP) is 4.85. The molecule has 1 aromatic carbocycles. The first-order valence-electron chi connectivity index (χ1n) is 12.4. The molecule has 4 aliphatic rings. The molecule has 6 nitrogen and oxygen atoms in total. The van der Waals surface area contributed by atoms with Crippen LogP contribution in [-0.4, -0.2) is 27.3 Å².